The van der Waals surface area contributed by atoms with Crippen LogP contribution in [0.15, 0.2) is 18.2 Å². The number of benzene rings is 1. The first-order chi connectivity index (χ1) is 8.45. The zero-order valence-electron chi connectivity index (χ0n) is 11.6. The zero-order valence-corrected chi connectivity index (χ0v) is 12.4. The summed E-state index contributed by atoms with van der Waals surface area (Å²) in [7, 11) is 0. The number of hydrogen-bond donors (Lipinski definition) is 1. The molecule has 3 heteroatoms. The first-order valence-electron chi connectivity index (χ1n) is 6.63. The van der Waals surface area contributed by atoms with Crippen LogP contribution in [0.1, 0.15) is 33.3 Å². The topological polar surface area (TPSA) is 12.0 Å². The molecule has 0 aliphatic carbocycles. The minimum Gasteiger partial charge on any atom is -0.314 e. The van der Waals surface area contributed by atoms with Gasteiger partial charge in [-0.05, 0) is 55.5 Å². The van der Waals surface area contributed by atoms with Crippen molar-refractivity contribution in [3.05, 3.63) is 34.6 Å². The lowest BCUT2D eigenvalue weighted by Crippen LogP contribution is -2.37. The summed E-state index contributed by atoms with van der Waals surface area (Å²) in [6, 6.07) is 5.16. The van der Waals surface area contributed by atoms with Crippen LogP contribution < -0.4 is 5.32 Å². The molecule has 0 amide bonds. The lowest BCUT2D eigenvalue weighted by molar-refractivity contribution is 0.289. The molecule has 1 aromatic rings. The minimum absolute atomic E-state index is 0.159. The van der Waals surface area contributed by atoms with E-state index in [-0.39, 0.29) is 5.82 Å². The van der Waals surface area contributed by atoms with Crippen LogP contribution in [0, 0.1) is 17.7 Å². The molecular formula is C15H23ClFN. The first-order valence-corrected chi connectivity index (χ1v) is 7.00. The van der Waals surface area contributed by atoms with Crippen LogP contribution in [0.3, 0.4) is 0 Å². The molecule has 0 fully saturated rings. The van der Waals surface area contributed by atoms with Crippen LogP contribution in [-0.4, -0.2) is 12.6 Å². The predicted molar refractivity (Wildman–Crippen MR) is 76.6 cm³/mol. The van der Waals surface area contributed by atoms with Gasteiger partial charge in [0.05, 0.1) is 0 Å². The first kappa shape index (κ1) is 15.5. The normalized spacial score (nSPS) is 14.8. The fourth-order valence-corrected chi connectivity index (χ4v) is 2.61. The van der Waals surface area contributed by atoms with E-state index in [0.29, 0.717) is 28.5 Å². The molecule has 102 valence electrons. The second-order valence-electron chi connectivity index (χ2n) is 5.19. The van der Waals surface area contributed by atoms with Crippen molar-refractivity contribution in [2.75, 3.05) is 6.54 Å². The van der Waals surface area contributed by atoms with Crippen LogP contribution in [0.5, 0.6) is 0 Å². The largest absolute Gasteiger partial charge is 0.314 e. The lowest BCUT2D eigenvalue weighted by atomic mass is 9.84. The van der Waals surface area contributed by atoms with E-state index in [9.17, 15) is 4.39 Å². The SMILES string of the molecule is CCNC(C)C(Cc1cc(Cl)ccc1F)C(C)C. The average molecular weight is 272 g/mol. The maximum atomic E-state index is 13.8. The molecule has 18 heavy (non-hydrogen) atoms. The van der Waals surface area contributed by atoms with Gasteiger partial charge in [0.15, 0.2) is 0 Å². The Morgan fingerprint density at radius 2 is 1.94 bits per heavy atom. The zero-order chi connectivity index (χ0) is 13.7. The Labute approximate surface area is 115 Å². The summed E-state index contributed by atoms with van der Waals surface area (Å²) in [6.45, 7) is 9.55. The van der Waals surface area contributed by atoms with Crippen molar-refractivity contribution in [3.8, 4) is 0 Å². The van der Waals surface area contributed by atoms with Gasteiger partial charge in [0.2, 0.25) is 0 Å². The van der Waals surface area contributed by atoms with Gasteiger partial charge in [-0.15, -0.1) is 0 Å². The predicted octanol–water partition coefficient (Wildman–Crippen LogP) is 4.29. The Balaban J connectivity index is 2.86. The molecular weight excluding hydrogens is 249 g/mol. The fraction of sp³-hybridized carbons (Fsp3) is 0.600. The monoisotopic (exact) mass is 271 g/mol. The molecule has 0 bridgehead atoms. The Morgan fingerprint density at radius 1 is 1.28 bits per heavy atom. The van der Waals surface area contributed by atoms with E-state index in [1.165, 1.54) is 6.07 Å². The Morgan fingerprint density at radius 3 is 2.50 bits per heavy atom. The highest BCUT2D eigenvalue weighted by atomic mass is 35.5. The van der Waals surface area contributed by atoms with Crippen LogP contribution in [0.4, 0.5) is 4.39 Å². The van der Waals surface area contributed by atoms with Gasteiger partial charge in [0, 0.05) is 11.1 Å². The van der Waals surface area contributed by atoms with E-state index < -0.39 is 0 Å². The van der Waals surface area contributed by atoms with E-state index in [1.807, 2.05) is 0 Å². The second kappa shape index (κ2) is 7.10. The molecule has 1 rings (SSSR count). The van der Waals surface area contributed by atoms with Gasteiger partial charge in [-0.3, -0.25) is 0 Å². The highest BCUT2D eigenvalue weighted by molar-refractivity contribution is 6.30. The van der Waals surface area contributed by atoms with Gasteiger partial charge in [0.25, 0.3) is 0 Å². The standard InChI is InChI=1S/C15H23ClFN/c1-5-18-11(4)14(10(2)3)9-12-8-13(16)6-7-15(12)17/h6-8,10-11,14,18H,5,9H2,1-4H3. The van der Waals surface area contributed by atoms with E-state index in [2.05, 4.69) is 33.0 Å². The summed E-state index contributed by atoms with van der Waals surface area (Å²) < 4.78 is 13.8. The van der Waals surface area contributed by atoms with E-state index in [4.69, 9.17) is 11.6 Å². The molecule has 0 spiro atoms. The lowest BCUT2D eigenvalue weighted by Gasteiger charge is -2.28. The van der Waals surface area contributed by atoms with Crippen LogP contribution in [0.25, 0.3) is 0 Å². The van der Waals surface area contributed by atoms with Crippen molar-refractivity contribution in [3.63, 3.8) is 0 Å². The highest BCUT2D eigenvalue weighted by Crippen LogP contribution is 2.24. The van der Waals surface area contributed by atoms with Gasteiger partial charge >= 0.3 is 0 Å². The highest BCUT2D eigenvalue weighted by Gasteiger charge is 2.22. The van der Waals surface area contributed by atoms with E-state index in [1.54, 1.807) is 12.1 Å². The summed E-state index contributed by atoms with van der Waals surface area (Å²) in [5.41, 5.74) is 0.714. The molecule has 0 saturated heterocycles. The number of rotatable bonds is 6. The number of halogens is 2. The van der Waals surface area contributed by atoms with Gasteiger partial charge in [-0.1, -0.05) is 32.4 Å². The average Bonchev–Trinajstić information content (AvgIpc) is 2.30. The van der Waals surface area contributed by atoms with Crippen molar-refractivity contribution in [2.24, 2.45) is 11.8 Å². The maximum absolute atomic E-state index is 13.8. The van der Waals surface area contributed by atoms with Crippen molar-refractivity contribution in [1.29, 1.82) is 0 Å². The third kappa shape index (κ3) is 4.25. The third-order valence-corrected chi connectivity index (χ3v) is 3.72. The van der Waals surface area contributed by atoms with Crippen LogP contribution >= 0.6 is 11.6 Å². The molecule has 1 aromatic carbocycles. The summed E-state index contributed by atoms with van der Waals surface area (Å²) in [4.78, 5) is 0. The van der Waals surface area contributed by atoms with Gasteiger partial charge in [0.1, 0.15) is 5.82 Å². The van der Waals surface area contributed by atoms with Crippen molar-refractivity contribution in [2.45, 2.75) is 40.2 Å². The Bertz CT molecular complexity index is 379. The molecule has 1 N–H and O–H groups in total. The molecule has 0 aliphatic heterocycles. The van der Waals surface area contributed by atoms with Crippen molar-refractivity contribution in [1.82, 2.24) is 5.32 Å². The summed E-state index contributed by atoms with van der Waals surface area (Å²) in [5, 5.41) is 4.03. The fourth-order valence-electron chi connectivity index (χ4n) is 2.42. The Kier molecular flexibility index (Phi) is 6.10. The molecule has 0 aromatic heterocycles. The van der Waals surface area contributed by atoms with Gasteiger partial charge in [-0.2, -0.15) is 0 Å². The molecule has 0 heterocycles. The van der Waals surface area contributed by atoms with Gasteiger partial charge in [-0.25, -0.2) is 4.39 Å². The molecule has 0 aliphatic rings. The molecule has 0 radical (unpaired) electrons. The Hall–Kier alpha value is -0.600. The number of nitrogens with one attached hydrogen (secondary N) is 1. The summed E-state index contributed by atoms with van der Waals surface area (Å²) >= 11 is 5.94. The quantitative estimate of drug-likeness (QED) is 0.814. The second-order valence-corrected chi connectivity index (χ2v) is 5.63. The summed E-state index contributed by atoms with van der Waals surface area (Å²) in [5.74, 6) is 0.740. The van der Waals surface area contributed by atoms with Crippen molar-refractivity contribution >= 4 is 11.6 Å². The molecule has 2 unspecified atom stereocenters. The van der Waals surface area contributed by atoms with Crippen LogP contribution in [0.2, 0.25) is 5.02 Å². The van der Waals surface area contributed by atoms with E-state index >= 15 is 0 Å². The van der Waals surface area contributed by atoms with Crippen molar-refractivity contribution < 1.29 is 4.39 Å². The molecule has 0 saturated carbocycles. The van der Waals surface area contributed by atoms with E-state index in [0.717, 1.165) is 13.0 Å². The molecule has 2 atom stereocenters. The maximum Gasteiger partial charge on any atom is 0.126 e. The minimum atomic E-state index is -0.159. The third-order valence-electron chi connectivity index (χ3n) is 3.49. The van der Waals surface area contributed by atoms with Crippen LogP contribution in [-0.2, 0) is 6.42 Å². The van der Waals surface area contributed by atoms with Gasteiger partial charge < -0.3 is 5.32 Å². The number of hydrogen-bond acceptors (Lipinski definition) is 1. The molecule has 1 nitrogen and oxygen atoms in total. The summed E-state index contributed by atoms with van der Waals surface area (Å²) in [6.07, 6.45) is 0.720. The smallest absolute Gasteiger partial charge is 0.126 e.